The normalized spacial score (nSPS) is 11.9. The fourth-order valence-corrected chi connectivity index (χ4v) is 2.67. The van der Waals surface area contributed by atoms with Crippen molar-refractivity contribution in [2.75, 3.05) is 26.7 Å². The van der Waals surface area contributed by atoms with Gasteiger partial charge >= 0.3 is 0 Å². The van der Waals surface area contributed by atoms with Crippen molar-refractivity contribution in [1.82, 2.24) is 14.3 Å². The molecule has 0 aliphatic rings. The van der Waals surface area contributed by atoms with Crippen LogP contribution in [-0.4, -0.2) is 39.4 Å². The summed E-state index contributed by atoms with van der Waals surface area (Å²) >= 11 is 0. The van der Waals surface area contributed by atoms with E-state index in [9.17, 15) is 8.42 Å². The minimum absolute atomic E-state index is 0.321. The lowest BCUT2D eigenvalue weighted by atomic mass is 10.2. The van der Waals surface area contributed by atoms with Gasteiger partial charge in [-0.15, -0.1) is 0 Å². The lowest BCUT2D eigenvalue weighted by Gasteiger charge is -2.17. The fourth-order valence-electron chi connectivity index (χ4n) is 1.73. The van der Waals surface area contributed by atoms with Crippen LogP contribution in [-0.2, 0) is 16.8 Å². The summed E-state index contributed by atoms with van der Waals surface area (Å²) in [4.78, 5) is 0. The molecule has 0 fully saturated rings. The predicted molar refractivity (Wildman–Crippen MR) is 82.6 cm³/mol. The third-order valence-electron chi connectivity index (χ3n) is 2.97. The molecule has 5 nitrogen and oxygen atoms in total. The Hall–Kier alpha value is -0.950. The average Bonchev–Trinajstić information content (AvgIpc) is 2.46. The molecular weight excluding hydrogens is 274 g/mol. The Balaban J connectivity index is 2.32. The van der Waals surface area contributed by atoms with Crippen molar-refractivity contribution < 1.29 is 8.42 Å². The van der Waals surface area contributed by atoms with Crippen LogP contribution in [0, 0.1) is 0 Å². The van der Waals surface area contributed by atoms with Crippen LogP contribution in [0.2, 0.25) is 0 Å². The molecule has 20 heavy (non-hydrogen) atoms. The Morgan fingerprint density at radius 2 is 1.85 bits per heavy atom. The summed E-state index contributed by atoms with van der Waals surface area (Å²) in [5.74, 6) is 0. The smallest absolute Gasteiger partial charge is 0.279 e. The largest absolute Gasteiger partial charge is 0.317 e. The molecule has 0 unspecified atom stereocenters. The number of hydrogen-bond donors (Lipinski definition) is 2. The Bertz CT molecular complexity index is 463. The minimum atomic E-state index is -3.40. The summed E-state index contributed by atoms with van der Waals surface area (Å²) in [6.45, 7) is 4.76. The number of rotatable bonds is 10. The zero-order valence-electron chi connectivity index (χ0n) is 12.3. The molecule has 0 spiro atoms. The van der Waals surface area contributed by atoms with Gasteiger partial charge in [-0.25, -0.2) is 0 Å². The first-order chi connectivity index (χ1) is 9.56. The molecule has 1 aromatic carbocycles. The summed E-state index contributed by atoms with van der Waals surface area (Å²) in [5, 5.41) is 3.26. The summed E-state index contributed by atoms with van der Waals surface area (Å²) < 4.78 is 28.0. The Labute approximate surface area is 122 Å². The number of nitrogens with one attached hydrogen (secondary N) is 2. The minimum Gasteiger partial charge on any atom is -0.317 e. The first kappa shape index (κ1) is 17.1. The van der Waals surface area contributed by atoms with Crippen LogP contribution in [0.15, 0.2) is 30.3 Å². The van der Waals surface area contributed by atoms with Crippen molar-refractivity contribution in [2.45, 2.75) is 26.3 Å². The predicted octanol–water partition coefficient (Wildman–Crippen LogP) is 1.34. The van der Waals surface area contributed by atoms with Gasteiger partial charge in [0.05, 0.1) is 0 Å². The van der Waals surface area contributed by atoms with Crippen molar-refractivity contribution in [1.29, 1.82) is 0 Å². The average molecular weight is 299 g/mol. The molecule has 0 aliphatic carbocycles. The molecule has 2 N–H and O–H groups in total. The van der Waals surface area contributed by atoms with Crippen LogP contribution < -0.4 is 10.0 Å². The van der Waals surface area contributed by atoms with Gasteiger partial charge in [0.1, 0.15) is 0 Å². The van der Waals surface area contributed by atoms with Crippen LogP contribution in [0.3, 0.4) is 0 Å². The maximum Gasteiger partial charge on any atom is 0.279 e. The molecule has 1 aromatic rings. The molecule has 0 bridgehead atoms. The van der Waals surface area contributed by atoms with E-state index in [1.54, 1.807) is 7.05 Å². The topological polar surface area (TPSA) is 61.4 Å². The molecule has 0 aliphatic heterocycles. The molecule has 0 amide bonds. The second-order valence-corrected chi connectivity index (χ2v) is 6.60. The van der Waals surface area contributed by atoms with Crippen LogP contribution in [0.4, 0.5) is 0 Å². The van der Waals surface area contributed by atoms with E-state index in [1.807, 2.05) is 30.3 Å². The zero-order valence-corrected chi connectivity index (χ0v) is 13.1. The Morgan fingerprint density at radius 3 is 2.50 bits per heavy atom. The lowest BCUT2D eigenvalue weighted by Crippen LogP contribution is -2.39. The van der Waals surface area contributed by atoms with E-state index in [2.05, 4.69) is 17.0 Å². The van der Waals surface area contributed by atoms with Crippen LogP contribution >= 0.6 is 0 Å². The Morgan fingerprint density at radius 1 is 1.15 bits per heavy atom. The monoisotopic (exact) mass is 299 g/mol. The highest BCUT2D eigenvalue weighted by Crippen LogP contribution is 2.01. The third-order valence-corrected chi connectivity index (χ3v) is 4.48. The highest BCUT2D eigenvalue weighted by Gasteiger charge is 2.16. The highest BCUT2D eigenvalue weighted by molar-refractivity contribution is 7.87. The molecule has 1 rings (SSSR count). The van der Waals surface area contributed by atoms with Crippen LogP contribution in [0.5, 0.6) is 0 Å². The van der Waals surface area contributed by atoms with Gasteiger partial charge in [0.15, 0.2) is 0 Å². The van der Waals surface area contributed by atoms with Crippen LogP contribution in [0.25, 0.3) is 0 Å². The molecule has 114 valence electrons. The SMILES string of the molecule is CCCNCCCN(C)S(=O)(=O)NCc1ccccc1. The maximum atomic E-state index is 12.0. The van der Waals surface area contributed by atoms with E-state index in [0.29, 0.717) is 13.1 Å². The van der Waals surface area contributed by atoms with Gasteiger partial charge < -0.3 is 5.32 Å². The quantitative estimate of drug-likeness (QED) is 0.641. The molecule has 0 radical (unpaired) electrons. The lowest BCUT2D eigenvalue weighted by molar-refractivity contribution is 0.444. The number of hydrogen-bond acceptors (Lipinski definition) is 3. The zero-order chi connectivity index (χ0) is 14.8. The summed E-state index contributed by atoms with van der Waals surface area (Å²) in [6, 6.07) is 9.50. The second kappa shape index (κ2) is 9.07. The van der Waals surface area contributed by atoms with E-state index < -0.39 is 10.2 Å². The maximum absolute atomic E-state index is 12.0. The van der Waals surface area contributed by atoms with Crippen molar-refractivity contribution in [3.8, 4) is 0 Å². The second-order valence-electron chi connectivity index (χ2n) is 4.74. The van der Waals surface area contributed by atoms with Gasteiger partial charge in [0.2, 0.25) is 0 Å². The highest BCUT2D eigenvalue weighted by atomic mass is 32.2. The van der Waals surface area contributed by atoms with Gasteiger partial charge in [-0.3, -0.25) is 0 Å². The molecule has 0 heterocycles. The van der Waals surface area contributed by atoms with Gasteiger partial charge in [-0.05, 0) is 31.5 Å². The van der Waals surface area contributed by atoms with Gasteiger partial charge in [0.25, 0.3) is 10.2 Å². The van der Waals surface area contributed by atoms with E-state index >= 15 is 0 Å². The third kappa shape index (κ3) is 6.47. The molecule has 0 saturated carbocycles. The van der Waals surface area contributed by atoms with Crippen molar-refractivity contribution >= 4 is 10.2 Å². The Kier molecular flexibility index (Phi) is 7.76. The van der Waals surface area contributed by atoms with Crippen LogP contribution in [0.1, 0.15) is 25.3 Å². The van der Waals surface area contributed by atoms with E-state index in [4.69, 9.17) is 0 Å². The van der Waals surface area contributed by atoms with Gasteiger partial charge in [-0.1, -0.05) is 37.3 Å². The molecule has 6 heteroatoms. The number of benzene rings is 1. The molecule has 0 aromatic heterocycles. The summed E-state index contributed by atoms with van der Waals surface area (Å²) in [5.41, 5.74) is 0.953. The molecular formula is C14H25N3O2S. The molecule has 0 atom stereocenters. The molecule has 0 saturated heterocycles. The summed E-state index contributed by atoms with van der Waals surface area (Å²) in [6.07, 6.45) is 1.90. The van der Waals surface area contributed by atoms with E-state index in [-0.39, 0.29) is 0 Å². The van der Waals surface area contributed by atoms with Crippen molar-refractivity contribution in [3.05, 3.63) is 35.9 Å². The van der Waals surface area contributed by atoms with Crippen molar-refractivity contribution in [2.24, 2.45) is 0 Å². The standard InChI is InChI=1S/C14H25N3O2S/c1-3-10-15-11-7-12-17(2)20(18,19)16-13-14-8-5-4-6-9-14/h4-6,8-9,15-16H,3,7,10-13H2,1-2H3. The van der Waals surface area contributed by atoms with Gasteiger partial charge in [0, 0.05) is 20.1 Å². The first-order valence-corrected chi connectivity index (χ1v) is 8.46. The fraction of sp³-hybridized carbons (Fsp3) is 0.571. The van der Waals surface area contributed by atoms with E-state index in [1.165, 1.54) is 4.31 Å². The number of nitrogens with zero attached hydrogens (tertiary/aromatic N) is 1. The van der Waals surface area contributed by atoms with Crippen molar-refractivity contribution in [3.63, 3.8) is 0 Å². The first-order valence-electron chi connectivity index (χ1n) is 7.02. The van der Waals surface area contributed by atoms with E-state index in [0.717, 1.165) is 31.5 Å². The summed E-state index contributed by atoms with van der Waals surface area (Å²) in [7, 11) is -1.79. The van der Waals surface area contributed by atoms with Gasteiger partial charge in [-0.2, -0.15) is 17.4 Å².